The molecule has 0 aliphatic heterocycles. The van der Waals surface area contributed by atoms with E-state index in [1.54, 1.807) is 0 Å². The zero-order valence-electron chi connectivity index (χ0n) is 10.0. The van der Waals surface area contributed by atoms with E-state index in [0.717, 1.165) is 23.4 Å². The third-order valence-corrected chi connectivity index (χ3v) is 3.05. The van der Waals surface area contributed by atoms with E-state index in [1.165, 1.54) is 5.56 Å². The molecule has 0 aliphatic rings. The number of nitrogens with zero attached hydrogens (tertiary/aromatic N) is 1. The predicted octanol–water partition coefficient (Wildman–Crippen LogP) is 4.16. The summed E-state index contributed by atoms with van der Waals surface area (Å²) in [4.78, 5) is 0. The molecular weight excluding hydrogens is 198 g/mol. The van der Waals surface area contributed by atoms with E-state index in [9.17, 15) is 0 Å². The maximum absolute atomic E-state index is 5.45. The van der Waals surface area contributed by atoms with Crippen LogP contribution in [0.5, 0.6) is 0 Å². The molecule has 0 fully saturated rings. The number of hydrogen-bond donors (Lipinski definition) is 0. The minimum Gasteiger partial charge on any atom is -0.356 e. The zero-order valence-corrected chi connectivity index (χ0v) is 10.0. The number of rotatable bonds is 3. The van der Waals surface area contributed by atoms with Crippen molar-refractivity contribution in [2.24, 2.45) is 0 Å². The molecule has 0 aliphatic carbocycles. The summed E-state index contributed by atoms with van der Waals surface area (Å²) in [7, 11) is 0. The molecule has 1 aromatic heterocycles. The van der Waals surface area contributed by atoms with Gasteiger partial charge in [0.2, 0.25) is 0 Å². The van der Waals surface area contributed by atoms with Gasteiger partial charge >= 0.3 is 0 Å². The van der Waals surface area contributed by atoms with Gasteiger partial charge in [-0.05, 0) is 19.3 Å². The van der Waals surface area contributed by atoms with E-state index in [-0.39, 0.29) is 0 Å². The van der Waals surface area contributed by atoms with Crippen molar-refractivity contribution in [2.75, 3.05) is 0 Å². The molecule has 2 nitrogen and oxygen atoms in total. The fraction of sp³-hybridized carbons (Fsp3) is 0.357. The van der Waals surface area contributed by atoms with E-state index >= 15 is 0 Å². The Balaban J connectivity index is 2.50. The highest BCUT2D eigenvalue weighted by Crippen LogP contribution is 2.33. The minimum atomic E-state index is 0.487. The Hall–Kier alpha value is -1.57. The Morgan fingerprint density at radius 3 is 2.56 bits per heavy atom. The molecule has 2 rings (SSSR count). The maximum atomic E-state index is 5.45. The van der Waals surface area contributed by atoms with Crippen molar-refractivity contribution in [3.63, 3.8) is 0 Å². The van der Waals surface area contributed by atoms with Crippen LogP contribution in [0.3, 0.4) is 0 Å². The van der Waals surface area contributed by atoms with Gasteiger partial charge in [-0.2, -0.15) is 0 Å². The van der Waals surface area contributed by atoms with E-state index < -0.39 is 0 Å². The van der Waals surface area contributed by atoms with Crippen LogP contribution in [-0.4, -0.2) is 5.16 Å². The van der Waals surface area contributed by atoms with Crippen molar-refractivity contribution < 1.29 is 4.52 Å². The van der Waals surface area contributed by atoms with Gasteiger partial charge in [0, 0.05) is 11.1 Å². The van der Waals surface area contributed by atoms with Crippen molar-refractivity contribution in [3.05, 3.63) is 41.6 Å². The van der Waals surface area contributed by atoms with Crippen LogP contribution in [0.4, 0.5) is 0 Å². The third-order valence-electron chi connectivity index (χ3n) is 3.05. The van der Waals surface area contributed by atoms with Crippen LogP contribution in [0.25, 0.3) is 11.3 Å². The van der Waals surface area contributed by atoms with Gasteiger partial charge in [0.15, 0.2) is 5.76 Å². The lowest BCUT2D eigenvalue weighted by Crippen LogP contribution is -1.94. The number of aromatic nitrogens is 1. The molecule has 0 radical (unpaired) electrons. The molecular formula is C14H17NO. The predicted molar refractivity (Wildman–Crippen MR) is 65.4 cm³/mol. The first-order valence-corrected chi connectivity index (χ1v) is 5.75. The standard InChI is InChI=1S/C14H17NO/c1-4-10(2)13-11(3)15-16-14(13)12-8-6-5-7-9-12/h5-10H,4H2,1-3H3. The van der Waals surface area contributed by atoms with Gasteiger partial charge in [0.25, 0.3) is 0 Å². The molecule has 0 bridgehead atoms. The van der Waals surface area contributed by atoms with Crippen LogP contribution < -0.4 is 0 Å². The summed E-state index contributed by atoms with van der Waals surface area (Å²) >= 11 is 0. The first kappa shape index (κ1) is 10.9. The van der Waals surface area contributed by atoms with Crippen molar-refractivity contribution >= 4 is 0 Å². The average molecular weight is 215 g/mol. The maximum Gasteiger partial charge on any atom is 0.170 e. The molecule has 0 amide bonds. The van der Waals surface area contributed by atoms with Crippen LogP contribution in [0.15, 0.2) is 34.9 Å². The smallest absolute Gasteiger partial charge is 0.170 e. The molecule has 16 heavy (non-hydrogen) atoms. The van der Waals surface area contributed by atoms with Gasteiger partial charge in [-0.1, -0.05) is 49.3 Å². The summed E-state index contributed by atoms with van der Waals surface area (Å²) in [6.45, 7) is 6.41. The first-order valence-electron chi connectivity index (χ1n) is 5.75. The molecule has 1 heterocycles. The molecule has 2 heteroatoms. The lowest BCUT2D eigenvalue weighted by Gasteiger charge is -2.08. The molecule has 1 aromatic carbocycles. The van der Waals surface area contributed by atoms with Crippen molar-refractivity contribution in [1.29, 1.82) is 0 Å². The second kappa shape index (κ2) is 4.52. The van der Waals surface area contributed by atoms with E-state index in [0.29, 0.717) is 5.92 Å². The molecule has 0 saturated carbocycles. The molecule has 0 N–H and O–H groups in total. The van der Waals surface area contributed by atoms with Crippen LogP contribution in [-0.2, 0) is 0 Å². The van der Waals surface area contributed by atoms with Gasteiger partial charge in [-0.25, -0.2) is 0 Å². The number of benzene rings is 1. The van der Waals surface area contributed by atoms with E-state index in [2.05, 4.69) is 31.1 Å². The molecule has 1 atom stereocenters. The molecule has 1 unspecified atom stereocenters. The molecule has 0 saturated heterocycles. The van der Waals surface area contributed by atoms with E-state index in [1.807, 2.05) is 25.1 Å². The SMILES string of the molecule is CCC(C)c1c(C)noc1-c1ccccc1. The Morgan fingerprint density at radius 1 is 1.25 bits per heavy atom. The molecule has 0 spiro atoms. The first-order chi connectivity index (χ1) is 7.74. The van der Waals surface area contributed by atoms with Gasteiger partial charge < -0.3 is 4.52 Å². The number of hydrogen-bond acceptors (Lipinski definition) is 2. The van der Waals surface area contributed by atoms with Crippen molar-refractivity contribution in [2.45, 2.75) is 33.1 Å². The van der Waals surface area contributed by atoms with Gasteiger partial charge in [-0.3, -0.25) is 0 Å². The molecule has 2 aromatic rings. The normalized spacial score (nSPS) is 12.7. The second-order valence-corrected chi connectivity index (χ2v) is 4.19. The van der Waals surface area contributed by atoms with Gasteiger partial charge in [-0.15, -0.1) is 0 Å². The van der Waals surface area contributed by atoms with Crippen molar-refractivity contribution in [3.8, 4) is 11.3 Å². The summed E-state index contributed by atoms with van der Waals surface area (Å²) in [5.74, 6) is 1.41. The van der Waals surface area contributed by atoms with Gasteiger partial charge in [0.1, 0.15) is 0 Å². The fourth-order valence-corrected chi connectivity index (χ4v) is 1.96. The number of aryl methyl sites for hydroxylation is 1. The lowest BCUT2D eigenvalue weighted by atomic mass is 9.94. The molecule has 84 valence electrons. The summed E-state index contributed by atoms with van der Waals surface area (Å²) in [5, 5.41) is 4.09. The van der Waals surface area contributed by atoms with Gasteiger partial charge in [0.05, 0.1) is 5.69 Å². The summed E-state index contributed by atoms with van der Waals surface area (Å²) in [5.41, 5.74) is 3.36. The summed E-state index contributed by atoms with van der Waals surface area (Å²) in [6.07, 6.45) is 1.10. The topological polar surface area (TPSA) is 26.0 Å². The Kier molecular flexibility index (Phi) is 3.09. The van der Waals surface area contributed by atoms with E-state index in [4.69, 9.17) is 4.52 Å². The van der Waals surface area contributed by atoms with Crippen LogP contribution in [0.1, 0.15) is 37.4 Å². The Morgan fingerprint density at radius 2 is 1.94 bits per heavy atom. The fourth-order valence-electron chi connectivity index (χ4n) is 1.96. The highest BCUT2D eigenvalue weighted by Gasteiger charge is 2.18. The largest absolute Gasteiger partial charge is 0.356 e. The lowest BCUT2D eigenvalue weighted by molar-refractivity contribution is 0.426. The van der Waals surface area contributed by atoms with Crippen LogP contribution >= 0.6 is 0 Å². The highest BCUT2D eigenvalue weighted by atomic mass is 16.5. The summed E-state index contributed by atoms with van der Waals surface area (Å²) in [6, 6.07) is 10.2. The zero-order chi connectivity index (χ0) is 11.5. The quantitative estimate of drug-likeness (QED) is 0.768. The average Bonchev–Trinajstić information content (AvgIpc) is 2.71. The second-order valence-electron chi connectivity index (χ2n) is 4.19. The van der Waals surface area contributed by atoms with Crippen LogP contribution in [0.2, 0.25) is 0 Å². The Bertz CT molecular complexity index is 459. The highest BCUT2D eigenvalue weighted by molar-refractivity contribution is 5.62. The van der Waals surface area contributed by atoms with Crippen LogP contribution in [0, 0.1) is 6.92 Å². The van der Waals surface area contributed by atoms with Crippen molar-refractivity contribution in [1.82, 2.24) is 5.16 Å². The third kappa shape index (κ3) is 1.87. The Labute approximate surface area is 96.3 Å². The monoisotopic (exact) mass is 215 g/mol. The summed E-state index contributed by atoms with van der Waals surface area (Å²) < 4.78 is 5.45. The minimum absolute atomic E-state index is 0.487.